The number of hydrogen-bond acceptors (Lipinski definition) is 2. The summed E-state index contributed by atoms with van der Waals surface area (Å²) in [4.78, 5) is 26.5. The molecule has 5 heteroatoms. The van der Waals surface area contributed by atoms with Crippen LogP contribution in [0.5, 0.6) is 0 Å². The van der Waals surface area contributed by atoms with Gasteiger partial charge in [0.25, 0.3) is 0 Å². The van der Waals surface area contributed by atoms with E-state index in [0.717, 1.165) is 5.56 Å². The van der Waals surface area contributed by atoms with E-state index in [2.05, 4.69) is 5.32 Å². The topological polar surface area (TPSA) is 49.4 Å². The molecule has 0 spiro atoms. The fourth-order valence-corrected chi connectivity index (χ4v) is 3.10. The molecule has 1 N–H and O–H groups in total. The highest BCUT2D eigenvalue weighted by atomic mass is 35.5. The number of benzene rings is 2. The summed E-state index contributed by atoms with van der Waals surface area (Å²) in [6.07, 6.45) is 0.247. The van der Waals surface area contributed by atoms with Crippen molar-refractivity contribution in [3.8, 4) is 0 Å². The van der Waals surface area contributed by atoms with Gasteiger partial charge >= 0.3 is 0 Å². The second-order valence-corrected chi connectivity index (χ2v) is 6.47. The van der Waals surface area contributed by atoms with E-state index >= 15 is 0 Å². The van der Waals surface area contributed by atoms with E-state index in [4.69, 9.17) is 11.6 Å². The van der Waals surface area contributed by atoms with Crippen molar-refractivity contribution in [3.63, 3.8) is 0 Å². The van der Waals surface area contributed by atoms with E-state index in [9.17, 15) is 9.59 Å². The van der Waals surface area contributed by atoms with Crippen LogP contribution in [0.2, 0.25) is 5.02 Å². The zero-order valence-electron chi connectivity index (χ0n) is 13.4. The van der Waals surface area contributed by atoms with Crippen LogP contribution in [0.15, 0.2) is 54.6 Å². The molecule has 0 radical (unpaired) electrons. The van der Waals surface area contributed by atoms with Crippen LogP contribution in [0, 0.1) is 5.92 Å². The van der Waals surface area contributed by atoms with Crippen LogP contribution < -0.4 is 5.32 Å². The molecule has 1 fully saturated rings. The van der Waals surface area contributed by atoms with Gasteiger partial charge < -0.3 is 10.2 Å². The summed E-state index contributed by atoms with van der Waals surface area (Å²) in [7, 11) is 0. The first-order chi connectivity index (χ1) is 11.5. The maximum atomic E-state index is 12.4. The van der Waals surface area contributed by atoms with Gasteiger partial charge in [-0.05, 0) is 36.8 Å². The Morgan fingerprint density at radius 2 is 1.83 bits per heavy atom. The summed E-state index contributed by atoms with van der Waals surface area (Å²) in [5.74, 6) is -0.449. The van der Waals surface area contributed by atoms with E-state index in [1.807, 2.05) is 37.3 Å². The van der Waals surface area contributed by atoms with Crippen LogP contribution in [0.3, 0.4) is 0 Å². The third-order valence-electron chi connectivity index (χ3n) is 4.39. The molecular formula is C19H19ClN2O2. The Hall–Kier alpha value is -2.33. The van der Waals surface area contributed by atoms with Crippen molar-refractivity contribution in [1.29, 1.82) is 0 Å². The number of nitrogens with zero attached hydrogens (tertiary/aromatic N) is 1. The van der Waals surface area contributed by atoms with Gasteiger partial charge in [0.05, 0.1) is 12.0 Å². The molecule has 3 rings (SSSR count). The van der Waals surface area contributed by atoms with Gasteiger partial charge in [0, 0.05) is 23.7 Å². The Morgan fingerprint density at radius 3 is 2.50 bits per heavy atom. The summed E-state index contributed by atoms with van der Waals surface area (Å²) in [5.41, 5.74) is 1.76. The Bertz CT molecular complexity index is 731. The molecule has 1 aliphatic rings. The zero-order chi connectivity index (χ0) is 17.1. The van der Waals surface area contributed by atoms with Crippen LogP contribution in [-0.4, -0.2) is 23.3 Å². The van der Waals surface area contributed by atoms with Gasteiger partial charge in [0.2, 0.25) is 11.8 Å². The number of hydrogen-bond donors (Lipinski definition) is 1. The molecule has 0 saturated carbocycles. The Morgan fingerprint density at radius 1 is 1.17 bits per heavy atom. The van der Waals surface area contributed by atoms with E-state index in [1.165, 1.54) is 0 Å². The Kier molecular flexibility index (Phi) is 4.86. The number of likely N-dealkylation sites (tertiary alicyclic amines) is 1. The Labute approximate surface area is 146 Å². The smallest absolute Gasteiger partial charge is 0.229 e. The van der Waals surface area contributed by atoms with Gasteiger partial charge in [-0.3, -0.25) is 9.59 Å². The van der Waals surface area contributed by atoms with Crippen LogP contribution in [0.25, 0.3) is 0 Å². The van der Waals surface area contributed by atoms with Crippen LogP contribution in [0.4, 0.5) is 5.69 Å². The first-order valence-electron chi connectivity index (χ1n) is 7.95. The molecule has 1 heterocycles. The third kappa shape index (κ3) is 3.60. The van der Waals surface area contributed by atoms with Crippen molar-refractivity contribution in [2.75, 3.05) is 11.9 Å². The second kappa shape index (κ2) is 7.05. The SMILES string of the molecule is C[C@@H](c1ccccc1)N1C[C@H](C(=O)Nc2ccc(Cl)cc2)CC1=O. The zero-order valence-corrected chi connectivity index (χ0v) is 14.2. The lowest BCUT2D eigenvalue weighted by Crippen LogP contribution is -2.30. The Balaban J connectivity index is 1.65. The van der Waals surface area contributed by atoms with Gasteiger partial charge in [0.15, 0.2) is 0 Å². The minimum Gasteiger partial charge on any atom is -0.335 e. The lowest BCUT2D eigenvalue weighted by atomic mass is 10.1. The molecule has 4 nitrogen and oxygen atoms in total. The molecule has 124 valence electrons. The third-order valence-corrected chi connectivity index (χ3v) is 4.64. The molecule has 2 aromatic rings. The lowest BCUT2D eigenvalue weighted by molar-refractivity contribution is -0.129. The first-order valence-corrected chi connectivity index (χ1v) is 8.33. The summed E-state index contributed by atoms with van der Waals surface area (Å²) < 4.78 is 0. The number of rotatable bonds is 4. The molecule has 2 atom stereocenters. The highest BCUT2D eigenvalue weighted by molar-refractivity contribution is 6.30. The first kappa shape index (κ1) is 16.5. The summed E-state index contributed by atoms with van der Waals surface area (Å²) in [6, 6.07) is 16.8. The summed E-state index contributed by atoms with van der Waals surface area (Å²) >= 11 is 5.84. The molecular weight excluding hydrogens is 324 g/mol. The standard InChI is InChI=1S/C19H19ClN2O2/c1-13(14-5-3-2-4-6-14)22-12-15(11-18(22)23)19(24)21-17-9-7-16(20)8-10-17/h2-10,13,15H,11-12H2,1H3,(H,21,24)/t13-,15+/m0/s1. The fraction of sp³-hybridized carbons (Fsp3) is 0.263. The van der Waals surface area contributed by atoms with Crippen molar-refractivity contribution in [2.45, 2.75) is 19.4 Å². The van der Waals surface area contributed by atoms with Crippen molar-refractivity contribution in [2.24, 2.45) is 5.92 Å². The predicted octanol–water partition coefficient (Wildman–Crippen LogP) is 3.89. The van der Waals surface area contributed by atoms with Crippen LogP contribution >= 0.6 is 11.6 Å². The number of anilines is 1. The van der Waals surface area contributed by atoms with E-state index in [0.29, 0.717) is 17.3 Å². The van der Waals surface area contributed by atoms with Gasteiger partial charge in [-0.25, -0.2) is 0 Å². The highest BCUT2D eigenvalue weighted by Gasteiger charge is 2.36. The number of nitrogens with one attached hydrogen (secondary N) is 1. The maximum absolute atomic E-state index is 12.4. The van der Waals surface area contributed by atoms with Gasteiger partial charge in [-0.1, -0.05) is 41.9 Å². The average molecular weight is 343 g/mol. The molecule has 1 saturated heterocycles. The average Bonchev–Trinajstić information content (AvgIpc) is 2.99. The second-order valence-electron chi connectivity index (χ2n) is 6.03. The van der Waals surface area contributed by atoms with Gasteiger partial charge in [-0.15, -0.1) is 0 Å². The molecule has 2 aromatic carbocycles. The van der Waals surface area contributed by atoms with Gasteiger partial charge in [0.1, 0.15) is 0 Å². The van der Waals surface area contributed by atoms with E-state index in [-0.39, 0.29) is 30.2 Å². The number of carbonyl (C=O) groups excluding carboxylic acids is 2. The van der Waals surface area contributed by atoms with Crippen molar-refractivity contribution < 1.29 is 9.59 Å². The normalized spacial score (nSPS) is 18.5. The largest absolute Gasteiger partial charge is 0.335 e. The molecule has 0 unspecified atom stereocenters. The van der Waals surface area contributed by atoms with Crippen molar-refractivity contribution in [3.05, 3.63) is 65.2 Å². The van der Waals surface area contributed by atoms with Crippen LogP contribution in [0.1, 0.15) is 24.9 Å². The van der Waals surface area contributed by atoms with Crippen molar-refractivity contribution in [1.82, 2.24) is 4.90 Å². The molecule has 24 heavy (non-hydrogen) atoms. The maximum Gasteiger partial charge on any atom is 0.229 e. The monoisotopic (exact) mass is 342 g/mol. The number of carbonyl (C=O) groups is 2. The molecule has 1 aliphatic heterocycles. The number of halogens is 1. The minimum absolute atomic E-state index is 0.0163. The van der Waals surface area contributed by atoms with Crippen molar-refractivity contribution >= 4 is 29.1 Å². The molecule has 0 aliphatic carbocycles. The number of amides is 2. The van der Waals surface area contributed by atoms with E-state index in [1.54, 1.807) is 29.2 Å². The highest BCUT2D eigenvalue weighted by Crippen LogP contribution is 2.29. The lowest BCUT2D eigenvalue weighted by Gasteiger charge is -2.25. The predicted molar refractivity (Wildman–Crippen MR) is 94.8 cm³/mol. The fourth-order valence-electron chi connectivity index (χ4n) is 2.97. The van der Waals surface area contributed by atoms with Gasteiger partial charge in [-0.2, -0.15) is 0 Å². The van der Waals surface area contributed by atoms with Crippen LogP contribution in [-0.2, 0) is 9.59 Å². The summed E-state index contributed by atoms with van der Waals surface area (Å²) in [6.45, 7) is 2.43. The summed E-state index contributed by atoms with van der Waals surface area (Å²) in [5, 5.41) is 3.47. The van der Waals surface area contributed by atoms with E-state index < -0.39 is 0 Å². The molecule has 2 amide bonds. The minimum atomic E-state index is -0.334. The molecule has 0 bridgehead atoms. The quantitative estimate of drug-likeness (QED) is 0.916. The molecule has 0 aromatic heterocycles.